The topological polar surface area (TPSA) is 69.1 Å². The molecule has 0 spiro atoms. The highest BCUT2D eigenvalue weighted by molar-refractivity contribution is 5.41. The van der Waals surface area contributed by atoms with Crippen LogP contribution in [-0.2, 0) is 5.41 Å². The molecule has 5 nitrogen and oxygen atoms in total. The van der Waals surface area contributed by atoms with Gasteiger partial charge in [0.25, 0.3) is 0 Å². The molecule has 2 aromatic rings. The van der Waals surface area contributed by atoms with E-state index in [2.05, 4.69) is 35.8 Å². The average Bonchev–Trinajstić information content (AvgIpc) is 2.47. The number of anilines is 1. The summed E-state index contributed by atoms with van der Waals surface area (Å²) in [4.78, 5) is 8.29. The van der Waals surface area contributed by atoms with E-state index in [1.165, 1.54) is 0 Å². The van der Waals surface area contributed by atoms with Crippen LogP contribution in [0.2, 0.25) is 0 Å². The van der Waals surface area contributed by atoms with Crippen molar-refractivity contribution in [2.24, 2.45) is 0 Å². The smallest absolute Gasteiger partial charge is 0.223 e. The van der Waals surface area contributed by atoms with Crippen LogP contribution in [0.25, 0.3) is 5.65 Å². The summed E-state index contributed by atoms with van der Waals surface area (Å²) in [6.07, 6.45) is 1.69. The van der Waals surface area contributed by atoms with Gasteiger partial charge in [-0.1, -0.05) is 20.8 Å². The number of hydrogen-bond acceptors (Lipinski definition) is 4. The molecule has 0 aliphatic carbocycles. The maximum absolute atomic E-state index is 5.62. The van der Waals surface area contributed by atoms with Crippen molar-refractivity contribution in [3.63, 3.8) is 0 Å². The molecule has 0 aliphatic heterocycles. The van der Waals surface area contributed by atoms with E-state index in [1.54, 1.807) is 10.7 Å². The number of nitrogens with zero attached hydrogens (tertiary/aromatic N) is 4. The molecular weight excluding hydrogens is 178 g/mol. The van der Waals surface area contributed by atoms with Gasteiger partial charge in [-0.25, -0.2) is 4.52 Å². The molecule has 0 bridgehead atoms. The quantitative estimate of drug-likeness (QED) is 0.674. The first-order valence-electron chi connectivity index (χ1n) is 4.46. The van der Waals surface area contributed by atoms with Crippen LogP contribution in [0.3, 0.4) is 0 Å². The predicted octanol–water partition coefficient (Wildman–Crippen LogP) is 1.00. The highest BCUT2D eigenvalue weighted by Gasteiger charge is 2.20. The Hall–Kier alpha value is -1.65. The van der Waals surface area contributed by atoms with Gasteiger partial charge in [0.05, 0.1) is 6.20 Å². The summed E-state index contributed by atoms with van der Waals surface area (Å²) < 4.78 is 1.72. The van der Waals surface area contributed by atoms with Gasteiger partial charge in [-0.05, 0) is 0 Å². The van der Waals surface area contributed by atoms with Crippen molar-refractivity contribution in [1.29, 1.82) is 0 Å². The van der Waals surface area contributed by atoms with Crippen LogP contribution in [0.15, 0.2) is 12.3 Å². The van der Waals surface area contributed by atoms with E-state index in [9.17, 15) is 0 Å². The Kier molecular flexibility index (Phi) is 1.70. The lowest BCUT2D eigenvalue weighted by Gasteiger charge is -2.18. The number of aromatic nitrogens is 4. The summed E-state index contributed by atoms with van der Waals surface area (Å²) >= 11 is 0. The van der Waals surface area contributed by atoms with Crippen molar-refractivity contribution in [2.75, 3.05) is 5.73 Å². The van der Waals surface area contributed by atoms with Crippen LogP contribution < -0.4 is 5.73 Å². The second kappa shape index (κ2) is 2.67. The maximum atomic E-state index is 5.62. The molecule has 0 aliphatic rings. The molecule has 0 radical (unpaired) electrons. The summed E-state index contributed by atoms with van der Waals surface area (Å²) in [6, 6.07) is 1.81. The normalized spacial score (nSPS) is 12.2. The van der Waals surface area contributed by atoms with Gasteiger partial charge < -0.3 is 5.73 Å². The molecule has 2 heterocycles. The molecule has 0 atom stereocenters. The zero-order valence-corrected chi connectivity index (χ0v) is 8.52. The second-order valence-electron chi connectivity index (χ2n) is 4.26. The van der Waals surface area contributed by atoms with Crippen LogP contribution in [0.5, 0.6) is 0 Å². The number of rotatable bonds is 0. The van der Waals surface area contributed by atoms with E-state index in [-0.39, 0.29) is 5.41 Å². The Morgan fingerprint density at radius 2 is 2.00 bits per heavy atom. The maximum Gasteiger partial charge on any atom is 0.223 e. The molecule has 0 saturated carbocycles. The van der Waals surface area contributed by atoms with E-state index in [1.807, 2.05) is 6.07 Å². The van der Waals surface area contributed by atoms with Crippen LogP contribution in [0.4, 0.5) is 5.95 Å². The van der Waals surface area contributed by atoms with Crippen molar-refractivity contribution in [3.05, 3.63) is 18.1 Å². The van der Waals surface area contributed by atoms with Crippen LogP contribution in [-0.4, -0.2) is 19.6 Å². The third-order valence-electron chi connectivity index (χ3n) is 1.94. The summed E-state index contributed by atoms with van der Waals surface area (Å²) in [5.74, 6) is 1.12. The highest BCUT2D eigenvalue weighted by Crippen LogP contribution is 2.20. The molecule has 2 aromatic heterocycles. The van der Waals surface area contributed by atoms with Crippen molar-refractivity contribution in [3.8, 4) is 0 Å². The summed E-state index contributed by atoms with van der Waals surface area (Å²) in [5, 5.41) is 4.16. The van der Waals surface area contributed by atoms with E-state index in [0.29, 0.717) is 5.95 Å². The number of nitrogens with two attached hydrogens (primary N) is 1. The van der Waals surface area contributed by atoms with E-state index < -0.39 is 0 Å². The molecule has 0 aromatic carbocycles. The standard InChI is InChI=1S/C9H13N5/c1-9(2,3)7-13-8(10)12-6-4-5-11-14(6)7/h4-5H,1-3H3,(H2,10,12). The first-order valence-corrected chi connectivity index (χ1v) is 4.46. The molecule has 2 rings (SSSR count). The van der Waals surface area contributed by atoms with Gasteiger partial charge in [-0.2, -0.15) is 15.1 Å². The molecule has 14 heavy (non-hydrogen) atoms. The zero-order valence-electron chi connectivity index (χ0n) is 8.52. The van der Waals surface area contributed by atoms with Crippen molar-refractivity contribution >= 4 is 11.6 Å². The first-order chi connectivity index (χ1) is 6.48. The number of nitrogen functional groups attached to an aromatic ring is 1. The minimum atomic E-state index is -0.0959. The molecule has 2 N–H and O–H groups in total. The third kappa shape index (κ3) is 1.30. The predicted molar refractivity (Wildman–Crippen MR) is 53.9 cm³/mol. The van der Waals surface area contributed by atoms with Gasteiger partial charge in [0, 0.05) is 11.5 Å². The van der Waals surface area contributed by atoms with E-state index in [4.69, 9.17) is 5.73 Å². The Morgan fingerprint density at radius 3 is 2.64 bits per heavy atom. The fraction of sp³-hybridized carbons (Fsp3) is 0.444. The van der Waals surface area contributed by atoms with E-state index in [0.717, 1.165) is 11.5 Å². The lowest BCUT2D eigenvalue weighted by Crippen LogP contribution is -2.21. The lowest BCUT2D eigenvalue weighted by atomic mass is 9.96. The largest absolute Gasteiger partial charge is 0.368 e. The fourth-order valence-electron chi connectivity index (χ4n) is 1.33. The molecule has 0 unspecified atom stereocenters. The van der Waals surface area contributed by atoms with Gasteiger partial charge in [0.2, 0.25) is 5.95 Å². The lowest BCUT2D eigenvalue weighted by molar-refractivity contribution is 0.522. The molecule has 0 amide bonds. The first kappa shape index (κ1) is 8.93. The Balaban J connectivity index is 2.80. The van der Waals surface area contributed by atoms with Gasteiger partial charge in [-0.15, -0.1) is 0 Å². The molecular formula is C9H13N5. The van der Waals surface area contributed by atoms with Gasteiger partial charge >= 0.3 is 0 Å². The summed E-state index contributed by atoms with van der Waals surface area (Å²) in [7, 11) is 0. The Labute approximate surface area is 82.0 Å². The monoisotopic (exact) mass is 191 g/mol. The zero-order chi connectivity index (χ0) is 10.3. The second-order valence-corrected chi connectivity index (χ2v) is 4.26. The SMILES string of the molecule is CC(C)(C)c1nc(N)nc2ccnn12. The van der Waals surface area contributed by atoms with Crippen LogP contribution in [0.1, 0.15) is 26.6 Å². The number of hydrogen-bond donors (Lipinski definition) is 1. The Bertz CT molecular complexity index is 465. The van der Waals surface area contributed by atoms with Gasteiger partial charge in [-0.3, -0.25) is 0 Å². The molecule has 0 fully saturated rings. The minimum Gasteiger partial charge on any atom is -0.368 e. The molecule has 0 saturated heterocycles. The minimum absolute atomic E-state index is 0.0959. The third-order valence-corrected chi connectivity index (χ3v) is 1.94. The van der Waals surface area contributed by atoms with Crippen molar-refractivity contribution in [2.45, 2.75) is 26.2 Å². The van der Waals surface area contributed by atoms with Crippen molar-refractivity contribution < 1.29 is 0 Å². The van der Waals surface area contributed by atoms with Gasteiger partial charge in [0.1, 0.15) is 5.82 Å². The fourth-order valence-corrected chi connectivity index (χ4v) is 1.33. The highest BCUT2D eigenvalue weighted by atomic mass is 15.3. The van der Waals surface area contributed by atoms with Crippen LogP contribution >= 0.6 is 0 Å². The Morgan fingerprint density at radius 1 is 1.29 bits per heavy atom. The summed E-state index contributed by atoms with van der Waals surface area (Å²) in [6.45, 7) is 6.20. The number of fused-ring (bicyclic) bond motifs is 1. The molecule has 74 valence electrons. The summed E-state index contributed by atoms with van der Waals surface area (Å²) in [5.41, 5.74) is 6.26. The average molecular weight is 191 g/mol. The van der Waals surface area contributed by atoms with Gasteiger partial charge in [0.15, 0.2) is 5.65 Å². The van der Waals surface area contributed by atoms with Crippen LogP contribution in [0, 0.1) is 0 Å². The van der Waals surface area contributed by atoms with Crippen molar-refractivity contribution in [1.82, 2.24) is 19.6 Å². The van der Waals surface area contributed by atoms with E-state index >= 15 is 0 Å². The molecule has 5 heteroatoms.